The molecule has 0 amide bonds. The molecule has 0 saturated carbocycles. The van der Waals surface area contributed by atoms with E-state index < -0.39 is 0 Å². The fraction of sp³-hybridized carbons (Fsp3) is 0.625. The number of nitrogens with two attached hydrogens (primary N) is 1. The summed E-state index contributed by atoms with van der Waals surface area (Å²) in [5.74, 6) is 0.205. The molecule has 68 valence electrons. The van der Waals surface area contributed by atoms with Crippen molar-refractivity contribution in [1.29, 1.82) is 0 Å². The molecule has 0 aromatic carbocycles. The lowest BCUT2D eigenvalue weighted by Crippen LogP contribution is -2.17. The zero-order valence-electron chi connectivity index (χ0n) is 7.10. The lowest BCUT2D eigenvalue weighted by Gasteiger charge is -2.13. The van der Waals surface area contributed by atoms with E-state index in [0.717, 1.165) is 5.69 Å². The van der Waals surface area contributed by atoms with E-state index in [4.69, 9.17) is 5.73 Å². The third-order valence-corrected chi connectivity index (χ3v) is 2.38. The number of nitrogens with zero attached hydrogens (tertiary/aromatic N) is 1. The van der Waals surface area contributed by atoms with Gasteiger partial charge in [0.1, 0.15) is 0 Å². The average molecular weight is 186 g/mol. The van der Waals surface area contributed by atoms with E-state index in [9.17, 15) is 5.11 Å². The summed E-state index contributed by atoms with van der Waals surface area (Å²) in [5.41, 5.74) is 8.36. The molecule has 3 N–H and O–H groups in total. The Kier molecular flexibility index (Phi) is 3.65. The van der Waals surface area contributed by atoms with Crippen LogP contribution in [0.1, 0.15) is 25.0 Å². The molecule has 1 aromatic rings. The van der Waals surface area contributed by atoms with Crippen molar-refractivity contribution >= 4 is 11.3 Å². The maximum absolute atomic E-state index is 9.17. The highest BCUT2D eigenvalue weighted by Crippen LogP contribution is 2.19. The Morgan fingerprint density at radius 2 is 2.50 bits per heavy atom. The molecule has 12 heavy (non-hydrogen) atoms. The smallest absolute Gasteiger partial charge is 0.0794 e. The third-order valence-electron chi connectivity index (χ3n) is 1.78. The van der Waals surface area contributed by atoms with Crippen LogP contribution in [-0.4, -0.2) is 22.7 Å². The Morgan fingerprint density at radius 1 is 1.75 bits per heavy atom. The van der Waals surface area contributed by atoms with Gasteiger partial charge in [-0.1, -0.05) is 0 Å². The highest BCUT2D eigenvalue weighted by Gasteiger charge is 2.13. The zero-order chi connectivity index (χ0) is 8.97. The normalized spacial score (nSPS) is 15.9. The molecule has 2 atom stereocenters. The van der Waals surface area contributed by atoms with E-state index in [1.807, 2.05) is 5.38 Å². The summed E-state index contributed by atoms with van der Waals surface area (Å²) in [7, 11) is 0. The molecule has 0 aliphatic carbocycles. The number of hydrogen-bond donors (Lipinski definition) is 2. The molecule has 0 bridgehead atoms. The first-order chi connectivity index (χ1) is 5.74. The van der Waals surface area contributed by atoms with Gasteiger partial charge < -0.3 is 10.8 Å². The number of aliphatic hydroxyl groups excluding tert-OH is 1. The summed E-state index contributed by atoms with van der Waals surface area (Å²) >= 11 is 1.56. The number of hydrogen-bond acceptors (Lipinski definition) is 4. The van der Waals surface area contributed by atoms with Crippen LogP contribution >= 0.6 is 11.3 Å². The SMILES string of the molecule is CC(O)CC(CN)c1cscn1. The first kappa shape index (κ1) is 9.64. The first-order valence-corrected chi connectivity index (χ1v) is 4.94. The van der Waals surface area contributed by atoms with Gasteiger partial charge in [-0.2, -0.15) is 0 Å². The average Bonchev–Trinajstić information content (AvgIpc) is 2.51. The molecule has 0 saturated heterocycles. The van der Waals surface area contributed by atoms with E-state index >= 15 is 0 Å². The first-order valence-electron chi connectivity index (χ1n) is 4.00. The van der Waals surface area contributed by atoms with Crippen LogP contribution in [0.5, 0.6) is 0 Å². The Hall–Kier alpha value is -0.450. The topological polar surface area (TPSA) is 59.1 Å². The molecule has 2 unspecified atom stereocenters. The van der Waals surface area contributed by atoms with Gasteiger partial charge in [0.2, 0.25) is 0 Å². The molecule has 0 aliphatic rings. The van der Waals surface area contributed by atoms with Crippen LogP contribution in [0.25, 0.3) is 0 Å². The van der Waals surface area contributed by atoms with Crippen molar-refractivity contribution in [2.75, 3.05) is 6.54 Å². The largest absolute Gasteiger partial charge is 0.393 e. The van der Waals surface area contributed by atoms with Crippen molar-refractivity contribution in [3.8, 4) is 0 Å². The highest BCUT2D eigenvalue weighted by molar-refractivity contribution is 7.07. The Balaban J connectivity index is 2.57. The van der Waals surface area contributed by atoms with E-state index in [1.165, 1.54) is 0 Å². The molecular weight excluding hydrogens is 172 g/mol. The van der Waals surface area contributed by atoms with Gasteiger partial charge >= 0.3 is 0 Å². The molecule has 1 rings (SSSR count). The Morgan fingerprint density at radius 3 is 2.92 bits per heavy atom. The fourth-order valence-corrected chi connectivity index (χ4v) is 1.81. The summed E-state index contributed by atoms with van der Waals surface area (Å²) in [4.78, 5) is 4.17. The minimum atomic E-state index is -0.305. The van der Waals surface area contributed by atoms with Gasteiger partial charge in [0.05, 0.1) is 17.3 Å². The quantitative estimate of drug-likeness (QED) is 0.736. The lowest BCUT2D eigenvalue weighted by molar-refractivity contribution is 0.174. The Labute approximate surface area is 76.3 Å². The van der Waals surface area contributed by atoms with Gasteiger partial charge in [-0.25, -0.2) is 4.98 Å². The van der Waals surface area contributed by atoms with Crippen LogP contribution in [0.15, 0.2) is 10.9 Å². The van der Waals surface area contributed by atoms with Crippen LogP contribution < -0.4 is 5.73 Å². The summed E-state index contributed by atoms with van der Waals surface area (Å²) in [6, 6.07) is 0. The minimum Gasteiger partial charge on any atom is -0.393 e. The second-order valence-corrected chi connectivity index (χ2v) is 3.65. The molecular formula is C8H14N2OS. The molecule has 1 aromatic heterocycles. The van der Waals surface area contributed by atoms with Gasteiger partial charge in [0, 0.05) is 17.8 Å². The molecule has 0 fully saturated rings. The predicted molar refractivity (Wildman–Crippen MR) is 50.2 cm³/mol. The van der Waals surface area contributed by atoms with E-state index in [-0.39, 0.29) is 12.0 Å². The second-order valence-electron chi connectivity index (χ2n) is 2.93. The monoisotopic (exact) mass is 186 g/mol. The van der Waals surface area contributed by atoms with Crippen molar-refractivity contribution < 1.29 is 5.11 Å². The summed E-state index contributed by atoms with van der Waals surface area (Å²) in [5, 5.41) is 11.2. The van der Waals surface area contributed by atoms with Crippen LogP contribution in [0.3, 0.4) is 0 Å². The Bertz CT molecular complexity index is 211. The van der Waals surface area contributed by atoms with Crippen LogP contribution in [-0.2, 0) is 0 Å². The third kappa shape index (κ3) is 2.55. The van der Waals surface area contributed by atoms with Gasteiger partial charge in [-0.3, -0.25) is 0 Å². The molecule has 1 heterocycles. The molecule has 3 nitrogen and oxygen atoms in total. The minimum absolute atomic E-state index is 0.205. The van der Waals surface area contributed by atoms with Gasteiger partial charge in [0.15, 0.2) is 0 Å². The number of aromatic nitrogens is 1. The van der Waals surface area contributed by atoms with Crippen LogP contribution in [0, 0.1) is 0 Å². The van der Waals surface area contributed by atoms with Crippen LogP contribution in [0.4, 0.5) is 0 Å². The van der Waals surface area contributed by atoms with Crippen molar-refractivity contribution in [2.24, 2.45) is 5.73 Å². The number of rotatable bonds is 4. The van der Waals surface area contributed by atoms with Gasteiger partial charge in [-0.15, -0.1) is 11.3 Å². The second kappa shape index (κ2) is 4.54. The van der Waals surface area contributed by atoms with E-state index in [0.29, 0.717) is 13.0 Å². The summed E-state index contributed by atoms with van der Waals surface area (Å²) in [6.45, 7) is 2.32. The van der Waals surface area contributed by atoms with E-state index in [2.05, 4.69) is 4.98 Å². The van der Waals surface area contributed by atoms with Crippen molar-refractivity contribution in [3.63, 3.8) is 0 Å². The van der Waals surface area contributed by atoms with E-state index in [1.54, 1.807) is 23.8 Å². The van der Waals surface area contributed by atoms with Crippen molar-refractivity contribution in [3.05, 3.63) is 16.6 Å². The standard InChI is InChI=1S/C8H14N2OS/c1-6(11)2-7(3-9)8-4-12-5-10-8/h4-7,11H,2-3,9H2,1H3. The summed E-state index contributed by atoms with van der Waals surface area (Å²) in [6.07, 6.45) is 0.389. The lowest BCUT2D eigenvalue weighted by atomic mass is 10.00. The van der Waals surface area contributed by atoms with Gasteiger partial charge in [-0.05, 0) is 13.3 Å². The highest BCUT2D eigenvalue weighted by atomic mass is 32.1. The zero-order valence-corrected chi connectivity index (χ0v) is 7.92. The molecule has 4 heteroatoms. The summed E-state index contributed by atoms with van der Waals surface area (Å²) < 4.78 is 0. The maximum Gasteiger partial charge on any atom is 0.0794 e. The number of thiazole rings is 1. The fourth-order valence-electron chi connectivity index (χ4n) is 1.17. The number of aliphatic hydroxyl groups is 1. The van der Waals surface area contributed by atoms with Gasteiger partial charge in [0.25, 0.3) is 0 Å². The molecule has 0 spiro atoms. The molecule has 0 radical (unpaired) electrons. The molecule has 0 aliphatic heterocycles. The van der Waals surface area contributed by atoms with Crippen molar-refractivity contribution in [2.45, 2.75) is 25.4 Å². The van der Waals surface area contributed by atoms with Crippen molar-refractivity contribution in [1.82, 2.24) is 4.98 Å². The maximum atomic E-state index is 9.17. The predicted octanol–water partition coefficient (Wildman–Crippen LogP) is 0.956. The van der Waals surface area contributed by atoms with Crippen LogP contribution in [0.2, 0.25) is 0 Å².